The van der Waals surface area contributed by atoms with Crippen molar-refractivity contribution in [3.63, 3.8) is 0 Å². The molecule has 1 aromatic heterocycles. The molecule has 8 nitrogen and oxygen atoms in total. The molecule has 8 heteroatoms. The second-order valence-corrected chi connectivity index (χ2v) is 14.0. The fourth-order valence-electron chi connectivity index (χ4n) is 8.52. The van der Waals surface area contributed by atoms with E-state index < -0.39 is 34.9 Å². The van der Waals surface area contributed by atoms with Gasteiger partial charge < -0.3 is 4.98 Å². The third kappa shape index (κ3) is 4.66. The first-order valence-corrected chi connectivity index (χ1v) is 17.4. The number of aromatic nitrogens is 2. The zero-order valence-electron chi connectivity index (χ0n) is 28.2. The van der Waals surface area contributed by atoms with Crippen LogP contribution in [0.5, 0.6) is 0 Å². The van der Waals surface area contributed by atoms with E-state index in [1.54, 1.807) is 36.4 Å². The summed E-state index contributed by atoms with van der Waals surface area (Å²) in [5.41, 5.74) is 6.66. The van der Waals surface area contributed by atoms with Crippen LogP contribution in [-0.2, 0) is 6.42 Å². The van der Waals surface area contributed by atoms with E-state index in [1.807, 2.05) is 49.4 Å². The first-order chi connectivity index (χ1) is 24.7. The topological polar surface area (TPSA) is 117 Å². The first kappa shape index (κ1) is 31.0. The minimum absolute atomic E-state index is 0.0393. The van der Waals surface area contributed by atoms with Crippen LogP contribution in [0.25, 0.3) is 21.7 Å². The molecule has 0 unspecified atom stereocenters. The summed E-state index contributed by atoms with van der Waals surface area (Å²) in [6.45, 7) is 4.00. The monoisotopic (exact) mass is 671 g/mol. The fourth-order valence-corrected chi connectivity index (χ4v) is 8.52. The normalized spacial score (nSPS) is 16.2. The third-order valence-electron chi connectivity index (χ3n) is 11.2. The number of amides is 2. The van der Waals surface area contributed by atoms with Gasteiger partial charge in [0.25, 0.3) is 17.4 Å². The molecule has 9 rings (SSSR count). The number of hydrogen-bond acceptors (Lipinski definition) is 6. The minimum atomic E-state index is -1.38. The maximum absolute atomic E-state index is 14.2. The van der Waals surface area contributed by atoms with Gasteiger partial charge in [0.2, 0.25) is 0 Å². The number of nitrogens with zero attached hydrogens (tertiary/aromatic N) is 2. The van der Waals surface area contributed by atoms with Gasteiger partial charge in [0, 0.05) is 33.0 Å². The van der Waals surface area contributed by atoms with Crippen molar-refractivity contribution in [2.24, 2.45) is 0 Å². The number of rotatable bonds is 5. The third-order valence-corrected chi connectivity index (χ3v) is 11.2. The van der Waals surface area contributed by atoms with Gasteiger partial charge in [-0.2, -0.15) is 0 Å². The molecule has 1 N–H and O–H groups in total. The number of aromatic amines is 1. The van der Waals surface area contributed by atoms with Crippen LogP contribution in [0.1, 0.15) is 113 Å². The lowest BCUT2D eigenvalue weighted by molar-refractivity contribution is 0.0843. The largest absolute Gasteiger partial charge is 0.309 e. The van der Waals surface area contributed by atoms with Gasteiger partial charge >= 0.3 is 0 Å². The second kappa shape index (κ2) is 11.5. The Bertz CT molecular complexity index is 2530. The molecule has 51 heavy (non-hydrogen) atoms. The second-order valence-electron chi connectivity index (χ2n) is 14.0. The van der Waals surface area contributed by atoms with Crippen LogP contribution in [0.4, 0.5) is 5.69 Å². The molecule has 1 aliphatic heterocycles. The average Bonchev–Trinajstić information content (AvgIpc) is 3.67. The summed E-state index contributed by atoms with van der Waals surface area (Å²) >= 11 is 0. The number of carbonyl (C=O) groups is 4. The van der Waals surface area contributed by atoms with E-state index in [-0.39, 0.29) is 33.5 Å². The lowest BCUT2D eigenvalue weighted by Gasteiger charge is -2.32. The molecule has 1 fully saturated rings. The molecule has 0 bridgehead atoms. The predicted octanol–water partition coefficient (Wildman–Crippen LogP) is 7.90. The van der Waals surface area contributed by atoms with Gasteiger partial charge in [0.15, 0.2) is 11.6 Å². The van der Waals surface area contributed by atoms with Crippen LogP contribution in [-0.4, -0.2) is 33.3 Å². The van der Waals surface area contributed by atoms with Gasteiger partial charge in [-0.25, -0.2) is 9.88 Å². The number of nitrogens with one attached hydrogen (secondary N) is 1. The Kier molecular flexibility index (Phi) is 7.00. The summed E-state index contributed by atoms with van der Waals surface area (Å²) < 4.78 is 0. The van der Waals surface area contributed by atoms with Crippen molar-refractivity contribution in [3.05, 3.63) is 151 Å². The maximum Gasteiger partial charge on any atom is 0.265 e. The van der Waals surface area contributed by atoms with Crippen molar-refractivity contribution in [1.29, 1.82) is 0 Å². The van der Waals surface area contributed by atoms with E-state index in [4.69, 9.17) is 0 Å². The number of carbonyl (C=O) groups excluding carboxylic acids is 4. The number of benzene rings is 5. The quantitative estimate of drug-likeness (QED) is 0.147. The van der Waals surface area contributed by atoms with E-state index in [0.717, 1.165) is 35.1 Å². The number of imide groups is 1. The number of anilines is 1. The summed E-state index contributed by atoms with van der Waals surface area (Å²) in [6.07, 6.45) is 5.33. The fraction of sp³-hybridized carbons (Fsp3) is 0.209. The summed E-state index contributed by atoms with van der Waals surface area (Å²) in [7, 11) is 0. The molecule has 2 heterocycles. The van der Waals surface area contributed by atoms with Crippen LogP contribution in [0, 0.1) is 13.8 Å². The van der Waals surface area contributed by atoms with E-state index in [1.165, 1.54) is 23.3 Å². The SMILES string of the molecule is Cc1c(C2CCCC2)ccc(N2C(=O)c3ccc4c5c(ccc(c35)C2=O)C(=O)C(c2nc3ccc(Cc5ccccc5)cc3c(=O)[nH]2)C4=O)c1C. The van der Waals surface area contributed by atoms with Gasteiger partial charge in [-0.15, -0.1) is 0 Å². The van der Waals surface area contributed by atoms with Crippen LogP contribution in [0.3, 0.4) is 0 Å². The molecule has 1 saturated carbocycles. The molecule has 0 atom stereocenters. The number of Topliss-reactive ketones (excluding diaryl/α,β-unsaturated/α-hetero) is 2. The van der Waals surface area contributed by atoms with Crippen molar-refractivity contribution in [3.8, 4) is 0 Å². The maximum atomic E-state index is 14.2. The van der Waals surface area contributed by atoms with E-state index in [9.17, 15) is 24.0 Å². The number of fused-ring (bicyclic) bond motifs is 1. The van der Waals surface area contributed by atoms with E-state index >= 15 is 0 Å². The zero-order valence-corrected chi connectivity index (χ0v) is 28.2. The summed E-state index contributed by atoms with van der Waals surface area (Å²) in [4.78, 5) is 78.6. The van der Waals surface area contributed by atoms with Gasteiger partial charge in [-0.05, 0) is 109 Å². The number of ketones is 2. The van der Waals surface area contributed by atoms with Crippen LogP contribution >= 0.6 is 0 Å². The summed E-state index contributed by atoms with van der Waals surface area (Å²) in [5.74, 6) is -3.02. The lowest BCUT2D eigenvalue weighted by atomic mass is 9.76. The Morgan fingerprint density at radius 2 is 1.31 bits per heavy atom. The van der Waals surface area contributed by atoms with Crippen molar-refractivity contribution < 1.29 is 19.2 Å². The molecular weight excluding hydrogens is 638 g/mol. The van der Waals surface area contributed by atoms with Crippen LogP contribution in [0.2, 0.25) is 0 Å². The Balaban J connectivity index is 1.09. The molecule has 6 aromatic rings. The van der Waals surface area contributed by atoms with Gasteiger partial charge in [-0.3, -0.25) is 24.0 Å². The highest BCUT2D eigenvalue weighted by atomic mass is 16.2. The van der Waals surface area contributed by atoms with Gasteiger partial charge in [0.05, 0.1) is 16.6 Å². The smallest absolute Gasteiger partial charge is 0.265 e. The van der Waals surface area contributed by atoms with Crippen molar-refractivity contribution in [1.82, 2.24) is 9.97 Å². The van der Waals surface area contributed by atoms with Crippen LogP contribution < -0.4 is 10.5 Å². The molecule has 0 saturated heterocycles. The van der Waals surface area contributed by atoms with Crippen molar-refractivity contribution in [2.45, 2.75) is 57.8 Å². The zero-order chi connectivity index (χ0) is 35.1. The molecule has 0 radical (unpaired) electrons. The molecule has 2 amide bonds. The Morgan fingerprint density at radius 3 is 1.98 bits per heavy atom. The van der Waals surface area contributed by atoms with Gasteiger partial charge in [-0.1, -0.05) is 55.3 Å². The highest BCUT2D eigenvalue weighted by Crippen LogP contribution is 2.44. The van der Waals surface area contributed by atoms with Crippen molar-refractivity contribution >= 4 is 50.7 Å². The van der Waals surface area contributed by atoms with E-state index in [2.05, 4.69) is 23.0 Å². The summed E-state index contributed by atoms with van der Waals surface area (Å²) in [5, 5.41) is 0.956. The molecule has 5 aromatic carbocycles. The molecular formula is C43H33N3O5. The van der Waals surface area contributed by atoms with E-state index in [0.29, 0.717) is 34.3 Å². The highest BCUT2D eigenvalue weighted by Gasteiger charge is 2.43. The standard InChI is InChI=1S/C43H33N3O5/c1-22-23(2)34(19-17-27(22)26-10-6-7-11-26)46-42(50)30-15-13-28-35-29(14-16-31(36(30)35)43(46)51)39(48)37(38(28)47)40-44-33-18-12-25(21-32(33)41(49)45-40)20-24-8-4-3-5-9-24/h3-5,8-9,12-19,21,26,37H,6-7,10-11,20H2,1-2H3,(H,44,45,49). The summed E-state index contributed by atoms with van der Waals surface area (Å²) in [6, 6.07) is 25.5. The highest BCUT2D eigenvalue weighted by molar-refractivity contribution is 6.40. The molecule has 250 valence electrons. The lowest BCUT2D eigenvalue weighted by Crippen LogP contribution is -2.41. The molecule has 0 spiro atoms. The first-order valence-electron chi connectivity index (χ1n) is 17.4. The Morgan fingerprint density at radius 1 is 0.686 bits per heavy atom. The Labute approximate surface area is 293 Å². The number of H-pyrrole nitrogens is 1. The molecule has 2 aliphatic carbocycles. The average molecular weight is 672 g/mol. The van der Waals surface area contributed by atoms with Crippen LogP contribution in [0.15, 0.2) is 89.7 Å². The predicted molar refractivity (Wildman–Crippen MR) is 195 cm³/mol. The van der Waals surface area contributed by atoms with Crippen molar-refractivity contribution in [2.75, 3.05) is 4.90 Å². The molecule has 3 aliphatic rings. The Hall–Kier alpha value is -6.02. The number of hydrogen-bond donors (Lipinski definition) is 1. The van der Waals surface area contributed by atoms with Gasteiger partial charge in [0.1, 0.15) is 11.7 Å². The minimum Gasteiger partial charge on any atom is -0.309 e.